The number of unbranched alkanes of at least 4 members (excludes halogenated alkanes) is 1. The predicted molar refractivity (Wildman–Crippen MR) is 72.5 cm³/mol. The molecule has 3 aliphatic rings. The number of hydrogen-bond donors (Lipinski definition) is 1. The first kappa shape index (κ1) is 15.1. The molecular formula is C15H23F3N2O. The van der Waals surface area contributed by atoms with E-state index in [1.807, 2.05) is 4.90 Å². The van der Waals surface area contributed by atoms with Crippen LogP contribution in [-0.4, -0.2) is 35.2 Å². The molecule has 3 rings (SSSR count). The third kappa shape index (κ3) is 3.20. The highest BCUT2D eigenvalue weighted by Gasteiger charge is 2.60. The fourth-order valence-electron chi connectivity index (χ4n) is 3.80. The monoisotopic (exact) mass is 304 g/mol. The summed E-state index contributed by atoms with van der Waals surface area (Å²) in [5.41, 5.74) is -0.350. The van der Waals surface area contributed by atoms with Crippen molar-refractivity contribution in [1.82, 2.24) is 10.2 Å². The number of amides is 1. The topological polar surface area (TPSA) is 32.3 Å². The molecule has 1 atom stereocenters. The molecule has 1 amide bonds. The molecule has 0 aromatic carbocycles. The molecule has 21 heavy (non-hydrogen) atoms. The summed E-state index contributed by atoms with van der Waals surface area (Å²) in [5.74, 6) is 0.614. The van der Waals surface area contributed by atoms with E-state index in [0.29, 0.717) is 18.9 Å². The second kappa shape index (κ2) is 5.45. The first-order valence-corrected chi connectivity index (χ1v) is 8.07. The number of carbonyl (C=O) groups is 1. The second-order valence-corrected chi connectivity index (χ2v) is 6.79. The lowest BCUT2D eigenvalue weighted by Gasteiger charge is -2.29. The molecule has 1 heterocycles. The van der Waals surface area contributed by atoms with Crippen LogP contribution in [0.4, 0.5) is 13.2 Å². The Kier molecular flexibility index (Phi) is 3.93. The van der Waals surface area contributed by atoms with Crippen molar-refractivity contribution in [1.29, 1.82) is 0 Å². The van der Waals surface area contributed by atoms with Crippen LogP contribution in [0, 0.1) is 5.92 Å². The summed E-state index contributed by atoms with van der Waals surface area (Å²) in [7, 11) is 0. The van der Waals surface area contributed by atoms with Crippen molar-refractivity contribution in [3.8, 4) is 0 Å². The Balaban J connectivity index is 1.56. The van der Waals surface area contributed by atoms with Crippen LogP contribution < -0.4 is 5.32 Å². The van der Waals surface area contributed by atoms with Gasteiger partial charge < -0.3 is 4.90 Å². The summed E-state index contributed by atoms with van der Waals surface area (Å²) in [6.45, 7) is 0.463. The molecule has 1 N–H and O–H groups in total. The number of carbonyl (C=O) groups excluding carboxylic acids is 1. The predicted octanol–water partition coefficient (Wildman–Crippen LogP) is 3.20. The zero-order valence-corrected chi connectivity index (χ0v) is 12.2. The first-order chi connectivity index (χ1) is 9.91. The minimum atomic E-state index is -4.09. The average Bonchev–Trinajstić information content (AvgIpc) is 2.89. The van der Waals surface area contributed by atoms with E-state index in [4.69, 9.17) is 0 Å². The lowest BCUT2D eigenvalue weighted by atomic mass is 10.0. The van der Waals surface area contributed by atoms with Crippen molar-refractivity contribution in [2.75, 3.05) is 6.54 Å². The minimum absolute atomic E-state index is 0.0633. The van der Waals surface area contributed by atoms with Crippen LogP contribution in [0.5, 0.6) is 0 Å². The van der Waals surface area contributed by atoms with Crippen LogP contribution in [0.15, 0.2) is 0 Å². The lowest BCUT2D eigenvalue weighted by molar-refractivity contribution is -0.136. The summed E-state index contributed by atoms with van der Waals surface area (Å²) >= 11 is 0. The van der Waals surface area contributed by atoms with E-state index < -0.39 is 12.6 Å². The Bertz CT molecular complexity index is 400. The maximum atomic E-state index is 12.5. The number of rotatable bonds is 5. The fraction of sp³-hybridized carbons (Fsp3) is 0.933. The molecule has 2 saturated carbocycles. The number of alkyl halides is 3. The number of halogens is 3. The number of nitrogens with zero attached hydrogens (tertiary/aromatic N) is 1. The quantitative estimate of drug-likeness (QED) is 0.791. The Hall–Kier alpha value is -0.780. The Labute approximate surface area is 123 Å². The highest BCUT2D eigenvalue weighted by molar-refractivity contribution is 5.91. The third-order valence-electron chi connectivity index (χ3n) is 5.14. The molecular weight excluding hydrogens is 281 g/mol. The standard InChI is InChI=1S/C15H23F3N2O/c16-15(17,18)7-3-4-10-20-12(11-5-1-2-6-11)19-14(8-9-14)13(20)21/h11-12,19H,1-10H2. The van der Waals surface area contributed by atoms with Crippen molar-refractivity contribution in [2.45, 2.75) is 75.7 Å². The Morgan fingerprint density at radius 2 is 1.86 bits per heavy atom. The van der Waals surface area contributed by atoms with Gasteiger partial charge in [0.2, 0.25) is 5.91 Å². The zero-order valence-electron chi connectivity index (χ0n) is 12.2. The maximum Gasteiger partial charge on any atom is 0.389 e. The number of hydrogen-bond acceptors (Lipinski definition) is 2. The largest absolute Gasteiger partial charge is 0.389 e. The summed E-state index contributed by atoms with van der Waals surface area (Å²) in [4.78, 5) is 14.3. The van der Waals surface area contributed by atoms with Crippen molar-refractivity contribution < 1.29 is 18.0 Å². The molecule has 1 aliphatic heterocycles. The number of nitrogens with one attached hydrogen (secondary N) is 1. The molecule has 0 radical (unpaired) electrons. The summed E-state index contributed by atoms with van der Waals surface area (Å²) < 4.78 is 36.6. The minimum Gasteiger partial charge on any atom is -0.325 e. The van der Waals surface area contributed by atoms with Crippen molar-refractivity contribution in [2.24, 2.45) is 5.92 Å². The van der Waals surface area contributed by atoms with Crippen molar-refractivity contribution >= 4 is 5.91 Å². The van der Waals surface area contributed by atoms with Crippen LogP contribution in [0.2, 0.25) is 0 Å². The second-order valence-electron chi connectivity index (χ2n) is 6.79. The highest BCUT2D eigenvalue weighted by Crippen LogP contribution is 2.45. The SMILES string of the molecule is O=C1N(CCCCC(F)(F)F)C(C2CCCC2)NC12CC2. The lowest BCUT2D eigenvalue weighted by Crippen LogP contribution is -2.43. The molecule has 1 saturated heterocycles. The molecule has 1 unspecified atom stereocenters. The fourth-order valence-corrected chi connectivity index (χ4v) is 3.80. The molecule has 0 bridgehead atoms. The summed E-state index contributed by atoms with van der Waals surface area (Å²) in [6, 6.07) is 0. The highest BCUT2D eigenvalue weighted by atomic mass is 19.4. The molecule has 2 aliphatic carbocycles. The summed E-state index contributed by atoms with van der Waals surface area (Å²) in [6.07, 6.45) is 2.19. The molecule has 3 nitrogen and oxygen atoms in total. The van der Waals surface area contributed by atoms with Crippen LogP contribution >= 0.6 is 0 Å². The molecule has 0 aromatic rings. The third-order valence-corrected chi connectivity index (χ3v) is 5.14. The van der Waals surface area contributed by atoms with Crippen LogP contribution in [-0.2, 0) is 4.79 Å². The molecule has 0 aromatic heterocycles. The normalized spacial score (nSPS) is 28.8. The van der Waals surface area contributed by atoms with Gasteiger partial charge >= 0.3 is 6.18 Å². The van der Waals surface area contributed by atoms with E-state index in [1.54, 1.807) is 0 Å². The van der Waals surface area contributed by atoms with E-state index in [1.165, 1.54) is 12.8 Å². The van der Waals surface area contributed by atoms with E-state index in [-0.39, 0.29) is 24.0 Å². The van der Waals surface area contributed by atoms with E-state index in [2.05, 4.69) is 5.32 Å². The van der Waals surface area contributed by atoms with Crippen LogP contribution in [0.3, 0.4) is 0 Å². The first-order valence-electron chi connectivity index (χ1n) is 8.07. The average molecular weight is 304 g/mol. The van der Waals surface area contributed by atoms with Crippen LogP contribution in [0.25, 0.3) is 0 Å². The molecule has 3 fully saturated rings. The van der Waals surface area contributed by atoms with E-state index in [0.717, 1.165) is 25.7 Å². The van der Waals surface area contributed by atoms with Gasteiger partial charge in [-0.2, -0.15) is 13.2 Å². The van der Waals surface area contributed by atoms with Gasteiger partial charge in [0.15, 0.2) is 0 Å². The van der Waals surface area contributed by atoms with Gasteiger partial charge in [0.1, 0.15) is 0 Å². The summed E-state index contributed by atoms with van der Waals surface area (Å²) in [5, 5.41) is 3.49. The Morgan fingerprint density at radius 3 is 2.43 bits per heavy atom. The molecule has 120 valence electrons. The van der Waals surface area contributed by atoms with Gasteiger partial charge in [-0.05, 0) is 44.4 Å². The van der Waals surface area contributed by atoms with Crippen molar-refractivity contribution in [3.63, 3.8) is 0 Å². The van der Waals surface area contributed by atoms with Gasteiger partial charge in [0.05, 0.1) is 11.7 Å². The van der Waals surface area contributed by atoms with E-state index in [9.17, 15) is 18.0 Å². The smallest absolute Gasteiger partial charge is 0.325 e. The van der Waals surface area contributed by atoms with Gasteiger partial charge in [-0.15, -0.1) is 0 Å². The van der Waals surface area contributed by atoms with Gasteiger partial charge in [0.25, 0.3) is 0 Å². The van der Waals surface area contributed by atoms with Gasteiger partial charge in [-0.3, -0.25) is 10.1 Å². The van der Waals surface area contributed by atoms with Gasteiger partial charge in [-0.1, -0.05) is 12.8 Å². The van der Waals surface area contributed by atoms with Crippen LogP contribution in [0.1, 0.15) is 57.8 Å². The van der Waals surface area contributed by atoms with E-state index >= 15 is 0 Å². The Morgan fingerprint density at radius 1 is 1.19 bits per heavy atom. The zero-order chi connectivity index (χ0) is 15.1. The van der Waals surface area contributed by atoms with Gasteiger partial charge in [0, 0.05) is 13.0 Å². The van der Waals surface area contributed by atoms with Crippen molar-refractivity contribution in [3.05, 3.63) is 0 Å². The molecule has 6 heteroatoms. The maximum absolute atomic E-state index is 12.5. The van der Waals surface area contributed by atoms with Gasteiger partial charge in [-0.25, -0.2) is 0 Å². The molecule has 1 spiro atoms.